The van der Waals surface area contributed by atoms with Crippen LogP contribution in [0.5, 0.6) is 0 Å². The van der Waals surface area contributed by atoms with E-state index in [1.54, 1.807) is 6.92 Å². The molecule has 0 aromatic rings. The lowest BCUT2D eigenvalue weighted by molar-refractivity contribution is -0.149. The van der Waals surface area contributed by atoms with Crippen molar-refractivity contribution >= 4 is 5.91 Å². The average Bonchev–Trinajstić information content (AvgIpc) is 2.16. The van der Waals surface area contributed by atoms with Gasteiger partial charge in [0, 0.05) is 18.6 Å². The zero-order valence-corrected chi connectivity index (χ0v) is 8.25. The molecule has 2 atom stereocenters. The van der Waals surface area contributed by atoms with Crippen LogP contribution < -0.4 is 5.73 Å². The normalized spacial score (nSPS) is 28.2. The molecular formula is C9H16F2N2O. The molecule has 1 fully saturated rings. The van der Waals surface area contributed by atoms with Crippen molar-refractivity contribution in [1.29, 1.82) is 0 Å². The number of nitrogens with zero attached hydrogens (tertiary/aromatic N) is 1. The molecule has 1 rings (SSSR count). The van der Waals surface area contributed by atoms with Gasteiger partial charge < -0.3 is 10.6 Å². The smallest absolute Gasteiger partial charge is 0.315 e. The van der Waals surface area contributed by atoms with Crippen molar-refractivity contribution < 1.29 is 13.6 Å². The van der Waals surface area contributed by atoms with Gasteiger partial charge in [-0.05, 0) is 26.2 Å². The molecule has 0 bridgehead atoms. The molecule has 1 saturated heterocycles. The Morgan fingerprint density at radius 2 is 2.21 bits per heavy atom. The number of likely N-dealkylation sites (tertiary alicyclic amines) is 1. The molecule has 0 aliphatic carbocycles. The van der Waals surface area contributed by atoms with Gasteiger partial charge in [-0.1, -0.05) is 0 Å². The van der Waals surface area contributed by atoms with Crippen LogP contribution in [0.1, 0.15) is 26.2 Å². The highest BCUT2D eigenvalue weighted by atomic mass is 19.3. The molecule has 0 spiro atoms. The molecule has 14 heavy (non-hydrogen) atoms. The van der Waals surface area contributed by atoms with Gasteiger partial charge in [0.1, 0.15) is 0 Å². The highest BCUT2D eigenvalue weighted by Gasteiger charge is 2.34. The fourth-order valence-electron chi connectivity index (χ4n) is 2.03. The number of carbonyl (C=O) groups excluding carboxylic acids is 1. The van der Waals surface area contributed by atoms with Gasteiger partial charge in [-0.15, -0.1) is 0 Å². The number of nitrogens with two attached hydrogens (primary N) is 1. The Balaban J connectivity index is 2.73. The molecule has 0 saturated carbocycles. The van der Waals surface area contributed by atoms with Crippen molar-refractivity contribution in [1.82, 2.24) is 4.90 Å². The lowest BCUT2D eigenvalue weighted by Gasteiger charge is -2.40. The molecule has 0 radical (unpaired) electrons. The zero-order chi connectivity index (χ0) is 10.7. The maximum atomic E-state index is 12.3. The second-order valence-corrected chi connectivity index (χ2v) is 3.72. The predicted octanol–water partition coefficient (Wildman–Crippen LogP) is 0.980. The second-order valence-electron chi connectivity index (χ2n) is 3.72. The summed E-state index contributed by atoms with van der Waals surface area (Å²) in [5, 5.41) is 0. The van der Waals surface area contributed by atoms with Crippen molar-refractivity contribution in [3.8, 4) is 0 Å². The van der Waals surface area contributed by atoms with Crippen molar-refractivity contribution in [2.75, 3.05) is 6.54 Å². The molecule has 1 aliphatic heterocycles. The van der Waals surface area contributed by atoms with E-state index in [9.17, 15) is 13.6 Å². The average molecular weight is 206 g/mol. The summed E-state index contributed by atoms with van der Waals surface area (Å²) < 4.78 is 24.5. The van der Waals surface area contributed by atoms with E-state index < -0.39 is 12.3 Å². The van der Waals surface area contributed by atoms with E-state index in [0.29, 0.717) is 0 Å². The molecule has 82 valence electrons. The van der Waals surface area contributed by atoms with Crippen LogP contribution in [0, 0.1) is 0 Å². The summed E-state index contributed by atoms with van der Waals surface area (Å²) in [7, 11) is 0. The molecule has 1 aliphatic rings. The first-order valence-corrected chi connectivity index (χ1v) is 4.88. The van der Waals surface area contributed by atoms with Gasteiger partial charge in [0.25, 0.3) is 5.91 Å². The summed E-state index contributed by atoms with van der Waals surface area (Å²) >= 11 is 0. The number of carbonyl (C=O) groups is 1. The molecule has 1 heterocycles. The van der Waals surface area contributed by atoms with Crippen LogP contribution in [0.3, 0.4) is 0 Å². The van der Waals surface area contributed by atoms with Gasteiger partial charge in [-0.25, -0.2) is 0 Å². The molecule has 1 amide bonds. The van der Waals surface area contributed by atoms with Crippen LogP contribution in [0.2, 0.25) is 0 Å². The number of piperidine rings is 1. The van der Waals surface area contributed by atoms with Gasteiger partial charge >= 0.3 is 6.43 Å². The van der Waals surface area contributed by atoms with E-state index in [0.717, 1.165) is 19.3 Å². The van der Waals surface area contributed by atoms with Crippen LogP contribution in [0.4, 0.5) is 8.78 Å². The first-order chi connectivity index (χ1) is 6.57. The number of amides is 1. The Morgan fingerprint density at radius 1 is 1.57 bits per heavy atom. The second kappa shape index (κ2) is 4.68. The highest BCUT2D eigenvalue weighted by molar-refractivity contribution is 5.80. The number of hydrogen-bond donors (Lipinski definition) is 1. The minimum Gasteiger partial charge on any atom is -0.331 e. The summed E-state index contributed by atoms with van der Waals surface area (Å²) in [6, 6.07) is -0.320. The van der Waals surface area contributed by atoms with E-state index in [2.05, 4.69) is 0 Å². The summed E-state index contributed by atoms with van der Waals surface area (Å²) in [6.45, 7) is 2.06. The zero-order valence-electron chi connectivity index (χ0n) is 8.25. The quantitative estimate of drug-likeness (QED) is 0.732. The molecule has 5 heteroatoms. The van der Waals surface area contributed by atoms with Crippen LogP contribution in [0.15, 0.2) is 0 Å². The van der Waals surface area contributed by atoms with Crippen LogP contribution in [-0.4, -0.2) is 35.9 Å². The summed E-state index contributed by atoms with van der Waals surface area (Å²) in [4.78, 5) is 12.5. The minimum absolute atomic E-state index is 0.112. The lowest BCUT2D eigenvalue weighted by atomic mass is 9.96. The Hall–Kier alpha value is -0.710. The van der Waals surface area contributed by atoms with Gasteiger partial charge in [-0.2, -0.15) is 8.78 Å². The summed E-state index contributed by atoms with van der Waals surface area (Å²) in [5.41, 5.74) is 5.46. The largest absolute Gasteiger partial charge is 0.331 e. The molecule has 0 aromatic carbocycles. The van der Waals surface area contributed by atoms with E-state index in [1.807, 2.05) is 0 Å². The van der Waals surface area contributed by atoms with E-state index >= 15 is 0 Å². The standard InChI is InChI=1S/C9H16F2N2O/c1-6-3-2-4-7(5-12)13(6)9(14)8(10)11/h6-8H,2-5,12H2,1H3. The van der Waals surface area contributed by atoms with Crippen LogP contribution in [0.25, 0.3) is 0 Å². The third-order valence-electron chi connectivity index (χ3n) is 2.74. The molecule has 2 unspecified atom stereocenters. The van der Waals surface area contributed by atoms with E-state index in [4.69, 9.17) is 5.73 Å². The van der Waals surface area contributed by atoms with Crippen LogP contribution in [-0.2, 0) is 4.79 Å². The SMILES string of the molecule is CC1CCCC(CN)N1C(=O)C(F)F. The Kier molecular flexibility index (Phi) is 3.80. The van der Waals surface area contributed by atoms with Gasteiger partial charge in [0.05, 0.1) is 0 Å². The first-order valence-electron chi connectivity index (χ1n) is 4.88. The number of halogens is 2. The van der Waals surface area contributed by atoms with E-state index in [-0.39, 0.29) is 18.6 Å². The monoisotopic (exact) mass is 206 g/mol. The van der Waals surface area contributed by atoms with Crippen molar-refractivity contribution in [3.63, 3.8) is 0 Å². The number of hydrogen-bond acceptors (Lipinski definition) is 2. The number of alkyl halides is 2. The van der Waals surface area contributed by atoms with Crippen molar-refractivity contribution in [2.45, 2.75) is 44.7 Å². The highest BCUT2D eigenvalue weighted by Crippen LogP contribution is 2.23. The maximum Gasteiger partial charge on any atom is 0.315 e. The Bertz CT molecular complexity index is 211. The molecule has 0 aromatic heterocycles. The topological polar surface area (TPSA) is 46.3 Å². The molecule has 2 N–H and O–H groups in total. The van der Waals surface area contributed by atoms with Crippen molar-refractivity contribution in [2.24, 2.45) is 5.73 Å². The predicted molar refractivity (Wildman–Crippen MR) is 49.0 cm³/mol. The minimum atomic E-state index is -2.91. The lowest BCUT2D eigenvalue weighted by Crippen LogP contribution is -2.53. The Morgan fingerprint density at radius 3 is 2.71 bits per heavy atom. The maximum absolute atomic E-state index is 12.3. The fourth-order valence-corrected chi connectivity index (χ4v) is 2.03. The van der Waals surface area contributed by atoms with Gasteiger partial charge in [0.2, 0.25) is 0 Å². The third kappa shape index (κ3) is 2.20. The van der Waals surface area contributed by atoms with Gasteiger partial charge in [0.15, 0.2) is 0 Å². The van der Waals surface area contributed by atoms with Crippen LogP contribution >= 0.6 is 0 Å². The van der Waals surface area contributed by atoms with Crippen molar-refractivity contribution in [3.05, 3.63) is 0 Å². The number of rotatable bonds is 2. The fraction of sp³-hybridized carbons (Fsp3) is 0.889. The van der Waals surface area contributed by atoms with E-state index in [1.165, 1.54) is 4.90 Å². The molecule has 3 nitrogen and oxygen atoms in total. The third-order valence-corrected chi connectivity index (χ3v) is 2.74. The summed E-state index contributed by atoms with van der Waals surface area (Å²) in [6.07, 6.45) is -0.436. The first kappa shape index (κ1) is 11.4. The molecular weight excluding hydrogens is 190 g/mol. The summed E-state index contributed by atoms with van der Waals surface area (Å²) in [5.74, 6) is -1.08. The van der Waals surface area contributed by atoms with Gasteiger partial charge in [-0.3, -0.25) is 4.79 Å². The Labute approximate surface area is 82.2 Å².